The highest BCUT2D eigenvalue weighted by Crippen LogP contribution is 2.48. The van der Waals surface area contributed by atoms with E-state index in [1.54, 1.807) is 6.08 Å². The van der Waals surface area contributed by atoms with Crippen LogP contribution in [0.2, 0.25) is 0 Å². The first-order valence-corrected chi connectivity index (χ1v) is 11.7. The molecule has 6 N–H and O–H groups in total. The van der Waals surface area contributed by atoms with Gasteiger partial charge in [-0.25, -0.2) is 4.79 Å². The maximum Gasteiger partial charge on any atom is 0.338 e. The number of hydrogen-bond donors (Lipinski definition) is 6. The number of benzene rings is 1. The van der Waals surface area contributed by atoms with Gasteiger partial charge in [-0.1, -0.05) is 0 Å². The fraction of sp³-hybridized carbons (Fsp3) is 0.625. The molecule has 1 saturated heterocycles. The molecule has 37 heavy (non-hydrogen) atoms. The molecule has 3 aliphatic rings. The number of aliphatic hydroxyl groups is 5. The van der Waals surface area contributed by atoms with Crippen molar-refractivity contribution in [1.82, 2.24) is 0 Å². The Morgan fingerprint density at radius 2 is 1.73 bits per heavy atom. The number of methoxy groups -OCH3 is 2. The van der Waals surface area contributed by atoms with Gasteiger partial charge in [0.25, 0.3) is 0 Å². The van der Waals surface area contributed by atoms with Crippen LogP contribution in [0.4, 0.5) is 0 Å². The second-order valence-electron chi connectivity index (χ2n) is 9.50. The number of aromatic hydroxyl groups is 1. The zero-order valence-electron chi connectivity index (χ0n) is 20.5. The van der Waals surface area contributed by atoms with Crippen LogP contribution in [-0.2, 0) is 18.9 Å². The van der Waals surface area contributed by atoms with E-state index < -0.39 is 73.1 Å². The molecule has 10 atom stereocenters. The van der Waals surface area contributed by atoms with Gasteiger partial charge in [-0.2, -0.15) is 0 Å². The van der Waals surface area contributed by atoms with Crippen molar-refractivity contribution in [3.63, 3.8) is 0 Å². The lowest BCUT2D eigenvalue weighted by Gasteiger charge is -2.43. The summed E-state index contributed by atoms with van der Waals surface area (Å²) in [6.07, 6.45) is -6.59. The third-order valence-electron chi connectivity index (χ3n) is 7.07. The fourth-order valence-electron chi connectivity index (χ4n) is 5.11. The van der Waals surface area contributed by atoms with E-state index in [0.717, 1.165) is 0 Å². The summed E-state index contributed by atoms with van der Waals surface area (Å²) in [4.78, 5) is 13.0. The first-order valence-electron chi connectivity index (χ1n) is 11.7. The van der Waals surface area contributed by atoms with Crippen molar-refractivity contribution in [1.29, 1.82) is 0 Å². The Morgan fingerprint density at radius 3 is 2.32 bits per heavy atom. The summed E-state index contributed by atoms with van der Waals surface area (Å²) in [6, 6.07) is 2.60. The molecule has 1 aliphatic carbocycles. The number of phenolic OH excluding ortho intramolecular Hbond substituents is 1. The number of ether oxygens (including phenoxy) is 6. The van der Waals surface area contributed by atoms with Crippen molar-refractivity contribution >= 4 is 5.97 Å². The third-order valence-corrected chi connectivity index (χ3v) is 7.07. The Morgan fingerprint density at radius 1 is 1.08 bits per heavy atom. The van der Waals surface area contributed by atoms with Crippen molar-refractivity contribution in [2.75, 3.05) is 20.8 Å². The van der Waals surface area contributed by atoms with Crippen LogP contribution < -0.4 is 9.47 Å². The number of rotatable bonds is 7. The van der Waals surface area contributed by atoms with Gasteiger partial charge in [-0.05, 0) is 25.1 Å². The highest BCUT2D eigenvalue weighted by Gasteiger charge is 2.58. The zero-order valence-corrected chi connectivity index (χ0v) is 20.5. The van der Waals surface area contributed by atoms with Crippen molar-refractivity contribution < 1.29 is 63.9 Å². The largest absolute Gasteiger partial charge is 0.502 e. The number of esters is 1. The molecule has 13 heteroatoms. The van der Waals surface area contributed by atoms with Crippen LogP contribution in [0.5, 0.6) is 17.2 Å². The topological polar surface area (TPSA) is 194 Å². The van der Waals surface area contributed by atoms with E-state index in [0.29, 0.717) is 0 Å². The first kappa shape index (κ1) is 27.4. The Labute approximate surface area is 212 Å². The van der Waals surface area contributed by atoms with Gasteiger partial charge in [0.05, 0.1) is 44.2 Å². The number of phenols is 1. The second-order valence-corrected chi connectivity index (χ2v) is 9.50. The third kappa shape index (κ3) is 5.08. The molecule has 0 aromatic heterocycles. The highest BCUT2D eigenvalue weighted by molar-refractivity contribution is 5.91. The molecular formula is C24H32O13. The predicted molar refractivity (Wildman–Crippen MR) is 122 cm³/mol. The molecule has 0 amide bonds. The fourth-order valence-corrected chi connectivity index (χ4v) is 5.11. The Hall–Kier alpha value is -2.65. The molecule has 0 radical (unpaired) electrons. The molecule has 2 heterocycles. The van der Waals surface area contributed by atoms with E-state index in [9.17, 15) is 35.4 Å². The van der Waals surface area contributed by atoms with Crippen LogP contribution in [-0.4, -0.2) is 106 Å². The number of carbonyl (C=O) groups is 1. The van der Waals surface area contributed by atoms with Crippen molar-refractivity contribution in [3.8, 4) is 17.2 Å². The number of hydrogen-bond acceptors (Lipinski definition) is 13. The van der Waals surface area contributed by atoms with Gasteiger partial charge in [0, 0.05) is 12.3 Å². The minimum atomic E-state index is -1.66. The normalized spacial score (nSPS) is 39.0. The summed E-state index contributed by atoms with van der Waals surface area (Å²) in [6.45, 7) is 0.891. The summed E-state index contributed by atoms with van der Waals surface area (Å²) in [5.74, 6) is -2.34. The Kier molecular flexibility index (Phi) is 7.85. The van der Waals surface area contributed by atoms with E-state index in [-0.39, 0.29) is 29.2 Å². The molecule has 2 aliphatic heterocycles. The summed E-state index contributed by atoms with van der Waals surface area (Å²) in [5, 5.41) is 61.1. The lowest BCUT2D eigenvalue weighted by Crippen LogP contribution is -2.60. The Bertz CT molecular complexity index is 983. The molecule has 0 spiro atoms. The summed E-state index contributed by atoms with van der Waals surface area (Å²) in [5.41, 5.74) is -1.40. The smallest absolute Gasteiger partial charge is 0.338 e. The molecule has 206 valence electrons. The van der Waals surface area contributed by atoms with Crippen LogP contribution in [0.15, 0.2) is 24.5 Å². The Balaban J connectivity index is 1.52. The average Bonchev–Trinajstić information content (AvgIpc) is 3.14. The first-order chi connectivity index (χ1) is 17.5. The van der Waals surface area contributed by atoms with E-state index in [1.165, 1.54) is 39.5 Å². The highest BCUT2D eigenvalue weighted by atomic mass is 16.8. The minimum absolute atomic E-state index is 0.0153. The molecule has 4 rings (SSSR count). The average molecular weight is 529 g/mol. The van der Waals surface area contributed by atoms with Gasteiger partial charge in [0.15, 0.2) is 17.8 Å². The van der Waals surface area contributed by atoms with Crippen LogP contribution in [0, 0.1) is 11.8 Å². The molecule has 1 aromatic carbocycles. The van der Waals surface area contributed by atoms with Gasteiger partial charge in [0.2, 0.25) is 12.0 Å². The van der Waals surface area contributed by atoms with Crippen LogP contribution >= 0.6 is 0 Å². The molecule has 2 fully saturated rings. The zero-order chi connectivity index (χ0) is 27.1. The van der Waals surface area contributed by atoms with E-state index in [1.807, 2.05) is 0 Å². The molecule has 1 aromatic rings. The summed E-state index contributed by atoms with van der Waals surface area (Å²) >= 11 is 0. The standard InChI is InChI=1S/C24H32O13/c1-24(31)8-14(35-21(30)10-6-12(32-2)17(26)13(7-10)33-3)11-4-5-34-22(16(11)24)37-23-20(29)19(28)18(27)15(9-25)36-23/h4-7,11,14-16,18-20,22-23,25-29,31H,8-9H2,1-3H3/t11-,14?,15?,16-,18?,19?,20?,22?,23-,24+/m1/s1. The van der Waals surface area contributed by atoms with Crippen molar-refractivity contribution in [3.05, 3.63) is 30.0 Å². The maximum atomic E-state index is 13.0. The number of aliphatic hydroxyl groups excluding tert-OH is 4. The SMILES string of the molecule is COc1cc(C(=O)OC2C[C@](C)(O)[C@H]3C(O[C@H]4OC(CO)C(O)C(O)C4O)OC=C[C@H]23)cc(OC)c1O. The number of carbonyl (C=O) groups excluding carboxylic acids is 1. The van der Waals surface area contributed by atoms with Gasteiger partial charge in [-0.15, -0.1) is 0 Å². The summed E-state index contributed by atoms with van der Waals surface area (Å²) in [7, 11) is 2.65. The van der Waals surface area contributed by atoms with Gasteiger partial charge in [-0.3, -0.25) is 0 Å². The number of fused-ring (bicyclic) bond motifs is 1. The van der Waals surface area contributed by atoms with Crippen molar-refractivity contribution in [2.24, 2.45) is 11.8 Å². The molecule has 6 unspecified atom stereocenters. The lowest BCUT2D eigenvalue weighted by atomic mass is 9.85. The van der Waals surface area contributed by atoms with Crippen LogP contribution in [0.3, 0.4) is 0 Å². The van der Waals surface area contributed by atoms with Crippen LogP contribution in [0.25, 0.3) is 0 Å². The maximum absolute atomic E-state index is 13.0. The quantitative estimate of drug-likeness (QED) is 0.236. The van der Waals surface area contributed by atoms with Crippen LogP contribution in [0.1, 0.15) is 23.7 Å². The minimum Gasteiger partial charge on any atom is -0.502 e. The summed E-state index contributed by atoms with van der Waals surface area (Å²) < 4.78 is 32.6. The van der Waals surface area contributed by atoms with E-state index >= 15 is 0 Å². The second kappa shape index (κ2) is 10.6. The lowest BCUT2D eigenvalue weighted by molar-refractivity contribution is -0.346. The molecular weight excluding hydrogens is 496 g/mol. The van der Waals surface area contributed by atoms with Gasteiger partial charge >= 0.3 is 5.97 Å². The monoisotopic (exact) mass is 528 g/mol. The molecule has 0 bridgehead atoms. The van der Waals surface area contributed by atoms with E-state index in [4.69, 9.17) is 28.4 Å². The van der Waals surface area contributed by atoms with Gasteiger partial charge in [0.1, 0.15) is 30.5 Å². The van der Waals surface area contributed by atoms with E-state index in [2.05, 4.69) is 0 Å². The van der Waals surface area contributed by atoms with Crippen molar-refractivity contribution in [2.45, 2.75) is 62.0 Å². The van der Waals surface area contributed by atoms with Gasteiger partial charge < -0.3 is 59.1 Å². The predicted octanol–water partition coefficient (Wildman–Crippen LogP) is -0.992. The molecule has 1 saturated carbocycles. The molecule has 13 nitrogen and oxygen atoms in total.